The number of phenolic OH excluding ortho intramolecular Hbond substituents is 1. The summed E-state index contributed by atoms with van der Waals surface area (Å²) in [4.78, 5) is 10.2. The first-order chi connectivity index (χ1) is 5.20. The Labute approximate surface area is 88.8 Å². The molecule has 0 aromatic heterocycles. The summed E-state index contributed by atoms with van der Waals surface area (Å²) in [6.45, 7) is 0. The van der Waals surface area contributed by atoms with Gasteiger partial charge in [-0.1, -0.05) is 18.2 Å². The van der Waals surface area contributed by atoms with Gasteiger partial charge in [0.1, 0.15) is 5.75 Å². The molecule has 0 unspecified atom stereocenters. The maximum atomic E-state index is 10.2. The summed E-state index contributed by atoms with van der Waals surface area (Å²) in [6.07, 6.45) is -0.132. The Bertz CT molecular complexity index is 273. The van der Waals surface area contributed by atoms with Crippen molar-refractivity contribution in [2.24, 2.45) is 0 Å². The molecule has 1 aromatic rings. The van der Waals surface area contributed by atoms with Crippen molar-refractivity contribution in [2.45, 2.75) is 6.42 Å². The van der Waals surface area contributed by atoms with Gasteiger partial charge in [-0.25, -0.2) is 0 Å². The van der Waals surface area contributed by atoms with Crippen LogP contribution in [-0.2, 0) is 37.1 Å². The van der Waals surface area contributed by atoms with Crippen LogP contribution in [0.3, 0.4) is 0 Å². The van der Waals surface area contributed by atoms with Gasteiger partial charge < -0.3 is 10.2 Å². The molecule has 0 aliphatic rings. The van der Waals surface area contributed by atoms with E-state index >= 15 is 0 Å². The number of hydrogen-bond donors (Lipinski definition) is 2. The molecule has 1 aromatic carbocycles. The number of phenols is 1. The Kier molecular flexibility index (Phi) is 4.81. The van der Waals surface area contributed by atoms with Gasteiger partial charge in [0, 0.05) is 31.4 Å². The number of rotatable bonds is 2. The van der Waals surface area contributed by atoms with E-state index in [9.17, 15) is 4.79 Å². The number of aromatic hydroxyl groups is 1. The Morgan fingerprint density at radius 3 is 2.42 bits per heavy atom. The fourth-order valence-electron chi connectivity index (χ4n) is 0.823. The second kappa shape index (κ2) is 5.09. The van der Waals surface area contributed by atoms with Crippen molar-refractivity contribution in [1.29, 1.82) is 0 Å². The van der Waals surface area contributed by atoms with Crippen LogP contribution < -0.4 is 0 Å². The van der Waals surface area contributed by atoms with Crippen molar-refractivity contribution in [3.63, 3.8) is 0 Å². The van der Waals surface area contributed by atoms with Gasteiger partial charge in [0.15, 0.2) is 0 Å². The number of para-hydroxylation sites is 1. The summed E-state index contributed by atoms with van der Waals surface area (Å²) >= 11 is 0. The average molecular weight is 197 g/mol. The van der Waals surface area contributed by atoms with E-state index < -0.39 is 5.97 Å². The van der Waals surface area contributed by atoms with Gasteiger partial charge in [0.2, 0.25) is 0 Å². The summed E-state index contributed by atoms with van der Waals surface area (Å²) in [7, 11) is 0. The molecular weight excluding hydrogens is 189 g/mol. The van der Waals surface area contributed by atoms with Gasteiger partial charge in [-0.3, -0.25) is 4.79 Å². The molecule has 0 heterocycles. The van der Waals surface area contributed by atoms with Crippen molar-refractivity contribution in [2.75, 3.05) is 0 Å². The molecule has 4 heteroatoms. The number of carbonyl (C=O) groups is 1. The van der Waals surface area contributed by atoms with Gasteiger partial charge in [-0.15, -0.1) is 0 Å². The third-order valence-electron chi connectivity index (χ3n) is 1.33. The Balaban J connectivity index is 0.00000121. The van der Waals surface area contributed by atoms with E-state index in [1.807, 2.05) is 0 Å². The molecule has 0 saturated heterocycles. The van der Waals surface area contributed by atoms with Crippen LogP contribution in [0.5, 0.6) is 5.75 Å². The Morgan fingerprint density at radius 1 is 1.33 bits per heavy atom. The molecule has 0 aliphatic carbocycles. The molecule has 0 saturated carbocycles. The first kappa shape index (κ1) is 11.4. The largest absolute Gasteiger partial charge is 0.508 e. The molecule has 3 nitrogen and oxygen atoms in total. The second-order valence-corrected chi connectivity index (χ2v) is 2.20. The predicted octanol–water partition coefficient (Wildman–Crippen LogP) is 1.02. The molecule has 1 radical (unpaired) electrons. The third-order valence-corrected chi connectivity index (χ3v) is 1.33. The zero-order chi connectivity index (χ0) is 8.27. The topological polar surface area (TPSA) is 57.5 Å². The van der Waals surface area contributed by atoms with E-state index in [1.54, 1.807) is 18.2 Å². The molecule has 1 rings (SSSR count). The number of aliphatic carboxylic acids is 1. The standard InChI is InChI=1S/C8H8O3.Sc/c9-7-4-2-1-3-6(7)5-8(10)11;/h1-4,9H,5H2,(H,10,11);. The van der Waals surface area contributed by atoms with Gasteiger partial charge >= 0.3 is 5.97 Å². The van der Waals surface area contributed by atoms with Gasteiger partial charge in [-0.05, 0) is 6.07 Å². The Hall–Kier alpha value is -0.640. The van der Waals surface area contributed by atoms with Crippen LogP contribution in [0.2, 0.25) is 0 Å². The molecule has 0 amide bonds. The molecule has 0 atom stereocenters. The predicted molar refractivity (Wildman–Crippen MR) is 39.4 cm³/mol. The Morgan fingerprint density at radius 2 is 1.92 bits per heavy atom. The second-order valence-electron chi connectivity index (χ2n) is 2.20. The molecule has 0 fully saturated rings. The van der Waals surface area contributed by atoms with Crippen molar-refractivity contribution < 1.29 is 40.9 Å². The van der Waals surface area contributed by atoms with Crippen LogP contribution in [0.25, 0.3) is 0 Å². The summed E-state index contributed by atoms with van der Waals surface area (Å²) in [6, 6.07) is 6.40. The van der Waals surface area contributed by atoms with Gasteiger partial charge in [0.25, 0.3) is 0 Å². The minimum absolute atomic E-state index is 0. The maximum Gasteiger partial charge on any atom is 0.307 e. The van der Waals surface area contributed by atoms with Gasteiger partial charge in [-0.2, -0.15) is 0 Å². The van der Waals surface area contributed by atoms with Crippen molar-refractivity contribution >= 4 is 5.97 Å². The molecule has 0 aliphatic heterocycles. The molecule has 12 heavy (non-hydrogen) atoms. The van der Waals surface area contributed by atoms with E-state index in [0.29, 0.717) is 5.56 Å². The van der Waals surface area contributed by atoms with Crippen LogP contribution in [0.4, 0.5) is 0 Å². The third kappa shape index (κ3) is 3.17. The fourth-order valence-corrected chi connectivity index (χ4v) is 0.823. The number of carboxylic acids is 1. The van der Waals surface area contributed by atoms with Crippen molar-refractivity contribution in [3.05, 3.63) is 29.8 Å². The van der Waals surface area contributed by atoms with E-state index in [-0.39, 0.29) is 38.0 Å². The summed E-state index contributed by atoms with van der Waals surface area (Å²) in [5.41, 5.74) is 0.444. The zero-order valence-corrected chi connectivity index (χ0v) is 8.20. The quantitative estimate of drug-likeness (QED) is 0.744. The minimum atomic E-state index is -0.938. The molecule has 2 N–H and O–H groups in total. The molecule has 0 spiro atoms. The first-order valence-electron chi connectivity index (χ1n) is 3.19. The van der Waals surface area contributed by atoms with Crippen molar-refractivity contribution in [3.8, 4) is 5.75 Å². The number of benzene rings is 1. The van der Waals surface area contributed by atoms with Crippen LogP contribution in [0.1, 0.15) is 5.56 Å². The summed E-state index contributed by atoms with van der Waals surface area (Å²) in [5, 5.41) is 17.5. The minimum Gasteiger partial charge on any atom is -0.508 e. The van der Waals surface area contributed by atoms with Crippen molar-refractivity contribution in [1.82, 2.24) is 0 Å². The van der Waals surface area contributed by atoms with E-state index in [0.717, 1.165) is 0 Å². The average Bonchev–Trinajstić information content (AvgIpc) is 1.93. The van der Waals surface area contributed by atoms with Gasteiger partial charge in [0.05, 0.1) is 6.42 Å². The van der Waals surface area contributed by atoms with Crippen LogP contribution in [0.15, 0.2) is 24.3 Å². The molecular formula is C8H8O3Sc. The molecule has 0 bridgehead atoms. The monoisotopic (exact) mass is 197 g/mol. The smallest absolute Gasteiger partial charge is 0.307 e. The maximum absolute atomic E-state index is 10.2. The SMILES string of the molecule is O=C(O)Cc1ccccc1O.[Sc]. The number of carboxylic acid groups (broad SMARTS) is 1. The van der Waals surface area contributed by atoms with Crippen LogP contribution in [0, 0.1) is 0 Å². The first-order valence-corrected chi connectivity index (χ1v) is 3.19. The number of hydrogen-bond acceptors (Lipinski definition) is 2. The van der Waals surface area contributed by atoms with E-state index in [2.05, 4.69) is 0 Å². The van der Waals surface area contributed by atoms with E-state index in [4.69, 9.17) is 10.2 Å². The van der Waals surface area contributed by atoms with Crippen LogP contribution in [-0.4, -0.2) is 16.2 Å². The summed E-state index contributed by atoms with van der Waals surface area (Å²) in [5.74, 6) is -0.901. The van der Waals surface area contributed by atoms with Crippen LogP contribution >= 0.6 is 0 Å². The molecule has 61 valence electrons. The zero-order valence-electron chi connectivity index (χ0n) is 6.40. The summed E-state index contributed by atoms with van der Waals surface area (Å²) < 4.78 is 0. The fraction of sp³-hybridized carbons (Fsp3) is 0.125. The normalized spacial score (nSPS) is 8.67. The van der Waals surface area contributed by atoms with E-state index in [1.165, 1.54) is 6.07 Å².